The Morgan fingerprint density at radius 1 is 1.48 bits per heavy atom. The first-order valence-corrected chi connectivity index (χ1v) is 8.33. The van der Waals surface area contributed by atoms with Crippen LogP contribution in [0.1, 0.15) is 34.0 Å². The molecule has 2 aromatic heterocycles. The third kappa shape index (κ3) is 4.30. The standard InChI is InChI=1S/C16H17ClN2O3S/c1-4-12-9(2)8-13(23-12)16(21)22-10(3)15(20)19-11-6-5-7-18-14(11)17/h5-8,10H,4H2,1-3H3,(H,19,20)/t10-/m0/s1. The van der Waals surface area contributed by atoms with Gasteiger partial charge in [0.25, 0.3) is 5.91 Å². The fourth-order valence-corrected chi connectivity index (χ4v) is 3.12. The Kier molecular flexibility index (Phi) is 5.74. The minimum absolute atomic E-state index is 0.181. The molecule has 0 aromatic carbocycles. The quantitative estimate of drug-likeness (QED) is 0.655. The lowest BCUT2D eigenvalue weighted by Gasteiger charge is -2.13. The number of rotatable bonds is 5. The topological polar surface area (TPSA) is 68.3 Å². The van der Waals surface area contributed by atoms with Gasteiger partial charge in [-0.2, -0.15) is 0 Å². The molecule has 23 heavy (non-hydrogen) atoms. The number of nitrogens with one attached hydrogen (secondary N) is 1. The van der Waals surface area contributed by atoms with Gasteiger partial charge in [-0.15, -0.1) is 11.3 Å². The SMILES string of the molecule is CCc1sc(C(=O)O[C@@H](C)C(=O)Nc2cccnc2Cl)cc1C. The van der Waals surface area contributed by atoms with Gasteiger partial charge in [0, 0.05) is 11.1 Å². The third-order valence-electron chi connectivity index (χ3n) is 3.21. The van der Waals surface area contributed by atoms with Gasteiger partial charge >= 0.3 is 5.97 Å². The van der Waals surface area contributed by atoms with Gasteiger partial charge in [-0.3, -0.25) is 4.79 Å². The van der Waals surface area contributed by atoms with Crippen molar-refractivity contribution in [3.8, 4) is 0 Å². The number of carbonyl (C=O) groups is 2. The summed E-state index contributed by atoms with van der Waals surface area (Å²) in [4.78, 5) is 29.7. The molecule has 1 atom stereocenters. The number of pyridine rings is 1. The molecular formula is C16H17ClN2O3S. The van der Waals surface area contributed by atoms with Crippen LogP contribution in [0, 0.1) is 6.92 Å². The highest BCUT2D eigenvalue weighted by atomic mass is 35.5. The number of esters is 1. The van der Waals surface area contributed by atoms with Crippen molar-refractivity contribution in [3.05, 3.63) is 44.9 Å². The van der Waals surface area contributed by atoms with Crippen LogP contribution >= 0.6 is 22.9 Å². The Hall–Kier alpha value is -1.92. The molecule has 2 heterocycles. The first kappa shape index (κ1) is 17.4. The van der Waals surface area contributed by atoms with Gasteiger partial charge in [-0.1, -0.05) is 18.5 Å². The van der Waals surface area contributed by atoms with Crippen molar-refractivity contribution in [2.45, 2.75) is 33.3 Å². The largest absolute Gasteiger partial charge is 0.448 e. The first-order valence-electron chi connectivity index (χ1n) is 7.14. The van der Waals surface area contributed by atoms with E-state index in [1.165, 1.54) is 24.5 Å². The van der Waals surface area contributed by atoms with E-state index < -0.39 is 18.0 Å². The summed E-state index contributed by atoms with van der Waals surface area (Å²) in [6, 6.07) is 5.06. The fourth-order valence-electron chi connectivity index (χ4n) is 1.96. The number of halogens is 1. The third-order valence-corrected chi connectivity index (χ3v) is 4.88. The molecule has 0 saturated carbocycles. The lowest BCUT2D eigenvalue weighted by Crippen LogP contribution is -2.29. The minimum Gasteiger partial charge on any atom is -0.448 e. The predicted octanol–water partition coefficient (Wildman–Crippen LogP) is 3.85. The molecule has 0 aliphatic heterocycles. The average molecular weight is 353 g/mol. The molecule has 7 heteroatoms. The van der Waals surface area contributed by atoms with E-state index in [9.17, 15) is 9.59 Å². The Morgan fingerprint density at radius 3 is 2.83 bits per heavy atom. The summed E-state index contributed by atoms with van der Waals surface area (Å²) in [6.45, 7) is 5.49. The summed E-state index contributed by atoms with van der Waals surface area (Å²) in [5.41, 5.74) is 1.44. The van der Waals surface area contributed by atoms with Crippen LogP contribution in [0.5, 0.6) is 0 Å². The van der Waals surface area contributed by atoms with Crippen LogP contribution in [-0.4, -0.2) is 23.0 Å². The van der Waals surface area contributed by atoms with Crippen molar-refractivity contribution < 1.29 is 14.3 Å². The Morgan fingerprint density at radius 2 is 2.22 bits per heavy atom. The second-order valence-corrected chi connectivity index (χ2v) is 6.44. The maximum atomic E-state index is 12.1. The molecule has 0 saturated heterocycles. The zero-order valence-electron chi connectivity index (χ0n) is 13.1. The molecule has 0 spiro atoms. The van der Waals surface area contributed by atoms with Gasteiger partial charge < -0.3 is 10.1 Å². The van der Waals surface area contributed by atoms with Crippen molar-refractivity contribution in [2.75, 3.05) is 5.32 Å². The van der Waals surface area contributed by atoms with Gasteiger partial charge in [0.1, 0.15) is 4.88 Å². The molecule has 1 N–H and O–H groups in total. The summed E-state index contributed by atoms with van der Waals surface area (Å²) in [6.07, 6.45) is 1.44. The van der Waals surface area contributed by atoms with Gasteiger partial charge in [0.15, 0.2) is 11.3 Å². The van der Waals surface area contributed by atoms with Crippen LogP contribution in [-0.2, 0) is 16.0 Å². The predicted molar refractivity (Wildman–Crippen MR) is 91.2 cm³/mol. The molecular weight excluding hydrogens is 336 g/mol. The number of aryl methyl sites for hydroxylation is 2. The summed E-state index contributed by atoms with van der Waals surface area (Å²) < 4.78 is 5.22. The van der Waals surface area contributed by atoms with Crippen molar-refractivity contribution in [2.24, 2.45) is 0 Å². The zero-order chi connectivity index (χ0) is 17.0. The van der Waals surface area contributed by atoms with E-state index in [2.05, 4.69) is 10.3 Å². The van der Waals surface area contributed by atoms with E-state index >= 15 is 0 Å². The van der Waals surface area contributed by atoms with Gasteiger partial charge in [0.05, 0.1) is 5.69 Å². The number of aromatic nitrogens is 1. The normalized spacial score (nSPS) is 11.8. The molecule has 0 radical (unpaired) electrons. The van der Waals surface area contributed by atoms with Crippen molar-refractivity contribution in [1.82, 2.24) is 4.98 Å². The van der Waals surface area contributed by atoms with Gasteiger partial charge in [-0.05, 0) is 44.0 Å². The molecule has 0 aliphatic rings. The number of amides is 1. The molecule has 0 fully saturated rings. The molecule has 0 unspecified atom stereocenters. The molecule has 2 aromatic rings. The number of hydrogen-bond acceptors (Lipinski definition) is 5. The Bertz CT molecular complexity index is 730. The van der Waals surface area contributed by atoms with Crippen LogP contribution in [0.25, 0.3) is 0 Å². The molecule has 0 aliphatic carbocycles. The van der Waals surface area contributed by atoms with E-state index in [-0.39, 0.29) is 5.15 Å². The van der Waals surface area contributed by atoms with Crippen molar-refractivity contribution in [3.63, 3.8) is 0 Å². The fraction of sp³-hybridized carbons (Fsp3) is 0.312. The average Bonchev–Trinajstić information content (AvgIpc) is 2.90. The van der Waals surface area contributed by atoms with Crippen LogP contribution in [0.3, 0.4) is 0 Å². The molecule has 122 valence electrons. The second kappa shape index (κ2) is 7.57. The Balaban J connectivity index is 2.00. The summed E-state index contributed by atoms with van der Waals surface area (Å²) in [5.74, 6) is -0.963. The molecule has 2 rings (SSSR count). The minimum atomic E-state index is -0.939. The smallest absolute Gasteiger partial charge is 0.349 e. The molecule has 5 nitrogen and oxygen atoms in total. The molecule has 1 amide bonds. The number of hydrogen-bond donors (Lipinski definition) is 1. The van der Waals surface area contributed by atoms with Crippen molar-refractivity contribution in [1.29, 1.82) is 0 Å². The lowest BCUT2D eigenvalue weighted by atomic mass is 10.2. The maximum Gasteiger partial charge on any atom is 0.349 e. The van der Waals surface area contributed by atoms with E-state index in [1.54, 1.807) is 18.2 Å². The Labute approximate surface area is 143 Å². The van der Waals surface area contributed by atoms with Crippen LogP contribution in [0.2, 0.25) is 5.15 Å². The van der Waals surface area contributed by atoms with Crippen LogP contribution < -0.4 is 5.32 Å². The van der Waals surface area contributed by atoms with E-state index in [4.69, 9.17) is 16.3 Å². The number of carbonyl (C=O) groups excluding carboxylic acids is 2. The van der Waals surface area contributed by atoms with Crippen LogP contribution in [0.4, 0.5) is 5.69 Å². The second-order valence-electron chi connectivity index (χ2n) is 4.95. The monoisotopic (exact) mass is 352 g/mol. The van der Waals surface area contributed by atoms with E-state index in [0.717, 1.165) is 16.9 Å². The van der Waals surface area contributed by atoms with Gasteiger partial charge in [-0.25, -0.2) is 9.78 Å². The summed E-state index contributed by atoms with van der Waals surface area (Å²) >= 11 is 7.27. The zero-order valence-corrected chi connectivity index (χ0v) is 14.6. The number of ether oxygens (including phenoxy) is 1. The van der Waals surface area contributed by atoms with Crippen LogP contribution in [0.15, 0.2) is 24.4 Å². The number of thiophene rings is 1. The highest BCUT2D eigenvalue weighted by Crippen LogP contribution is 2.23. The van der Waals surface area contributed by atoms with E-state index in [1.807, 2.05) is 13.8 Å². The summed E-state index contributed by atoms with van der Waals surface area (Å²) in [5, 5.41) is 2.77. The van der Waals surface area contributed by atoms with E-state index in [0.29, 0.717) is 10.6 Å². The lowest BCUT2D eigenvalue weighted by molar-refractivity contribution is -0.123. The van der Waals surface area contributed by atoms with Gasteiger partial charge in [0.2, 0.25) is 0 Å². The van der Waals surface area contributed by atoms with Crippen molar-refractivity contribution >= 4 is 40.5 Å². The summed E-state index contributed by atoms with van der Waals surface area (Å²) in [7, 11) is 0. The first-order chi connectivity index (χ1) is 10.9. The highest BCUT2D eigenvalue weighted by molar-refractivity contribution is 7.14. The highest BCUT2D eigenvalue weighted by Gasteiger charge is 2.21. The number of nitrogens with zero attached hydrogens (tertiary/aromatic N) is 1. The maximum absolute atomic E-state index is 12.1. The molecule has 0 bridgehead atoms. The number of anilines is 1.